The summed E-state index contributed by atoms with van der Waals surface area (Å²) in [4.78, 5) is 12.1. The number of ether oxygens (including phenoxy) is 1. The molecule has 5 nitrogen and oxygen atoms in total. The van der Waals surface area contributed by atoms with Gasteiger partial charge in [0.25, 0.3) is 5.91 Å². The quantitative estimate of drug-likeness (QED) is 0.564. The van der Waals surface area contributed by atoms with Crippen LogP contribution in [0.3, 0.4) is 0 Å². The lowest BCUT2D eigenvalue weighted by Gasteiger charge is -2.06. The third-order valence-corrected chi connectivity index (χ3v) is 3.92. The second kappa shape index (κ2) is 7.05. The molecule has 0 heterocycles. The molecule has 0 bridgehead atoms. The number of phenolic OH excluding ortho intramolecular Hbond substituents is 1. The molecule has 5 heteroatoms. The molecular weight excluding hydrogens is 316 g/mol. The maximum absolute atomic E-state index is 12.1. The monoisotopic (exact) mass is 334 g/mol. The fourth-order valence-electron chi connectivity index (χ4n) is 2.45. The molecule has 0 spiro atoms. The number of rotatable bonds is 4. The smallest absolute Gasteiger partial charge is 0.271 e. The summed E-state index contributed by atoms with van der Waals surface area (Å²) in [7, 11) is 1.64. The van der Waals surface area contributed by atoms with Crippen molar-refractivity contribution in [2.45, 2.75) is 6.92 Å². The summed E-state index contributed by atoms with van der Waals surface area (Å²) in [6.45, 7) is 1.84. The Morgan fingerprint density at radius 1 is 0.960 bits per heavy atom. The third kappa shape index (κ3) is 3.77. The highest BCUT2D eigenvalue weighted by Gasteiger charge is 2.06. The molecule has 0 aliphatic rings. The zero-order valence-corrected chi connectivity index (χ0v) is 14.0. The molecule has 0 aliphatic heterocycles. The molecule has 3 rings (SSSR count). The van der Waals surface area contributed by atoms with Crippen LogP contribution in [-0.2, 0) is 0 Å². The fourth-order valence-corrected chi connectivity index (χ4v) is 2.45. The molecular formula is C20H18N2O3. The molecule has 0 saturated heterocycles. The standard InChI is InChI=1S/C20H18N2O3/c1-13(21-22-20(24)14-5-8-18(23)9-6-14)15-3-4-17-12-19(25-2)10-7-16(17)11-15/h3-12,23H,1-2H3,(H,22,24)/b21-13-. The summed E-state index contributed by atoms with van der Waals surface area (Å²) >= 11 is 0. The van der Waals surface area contributed by atoms with Crippen molar-refractivity contribution in [2.24, 2.45) is 5.10 Å². The minimum atomic E-state index is -0.329. The van der Waals surface area contributed by atoms with Gasteiger partial charge in [-0.1, -0.05) is 18.2 Å². The number of aromatic hydroxyl groups is 1. The number of benzene rings is 3. The van der Waals surface area contributed by atoms with Gasteiger partial charge >= 0.3 is 0 Å². The minimum absolute atomic E-state index is 0.115. The largest absolute Gasteiger partial charge is 0.508 e. The summed E-state index contributed by atoms with van der Waals surface area (Å²) in [5.74, 6) is 0.598. The molecule has 126 valence electrons. The number of amides is 1. The Bertz CT molecular complexity index is 947. The molecule has 0 fully saturated rings. The van der Waals surface area contributed by atoms with Crippen molar-refractivity contribution < 1.29 is 14.6 Å². The first kappa shape index (κ1) is 16.5. The Kier molecular flexibility index (Phi) is 4.66. The van der Waals surface area contributed by atoms with E-state index >= 15 is 0 Å². The molecule has 25 heavy (non-hydrogen) atoms. The number of carbonyl (C=O) groups excluding carboxylic acids is 1. The average molecular weight is 334 g/mol. The van der Waals surface area contributed by atoms with E-state index in [1.165, 1.54) is 12.1 Å². The summed E-state index contributed by atoms with van der Waals surface area (Å²) in [6, 6.07) is 17.8. The topological polar surface area (TPSA) is 70.9 Å². The van der Waals surface area contributed by atoms with Crippen molar-refractivity contribution >= 4 is 22.4 Å². The van der Waals surface area contributed by atoms with Crippen molar-refractivity contribution in [1.82, 2.24) is 5.43 Å². The van der Waals surface area contributed by atoms with Crippen LogP contribution in [0.5, 0.6) is 11.5 Å². The van der Waals surface area contributed by atoms with Crippen LogP contribution < -0.4 is 10.2 Å². The lowest BCUT2D eigenvalue weighted by molar-refractivity contribution is 0.0955. The first-order valence-corrected chi connectivity index (χ1v) is 7.78. The summed E-state index contributed by atoms with van der Waals surface area (Å²) in [6.07, 6.45) is 0. The summed E-state index contributed by atoms with van der Waals surface area (Å²) in [5, 5.41) is 15.6. The van der Waals surface area contributed by atoms with Gasteiger partial charge in [-0.05, 0) is 65.7 Å². The number of fused-ring (bicyclic) bond motifs is 1. The van der Waals surface area contributed by atoms with Crippen LogP contribution >= 0.6 is 0 Å². The molecule has 0 aromatic heterocycles. The zero-order valence-electron chi connectivity index (χ0n) is 14.0. The van der Waals surface area contributed by atoms with E-state index in [0.29, 0.717) is 11.3 Å². The van der Waals surface area contributed by atoms with E-state index in [9.17, 15) is 9.90 Å². The SMILES string of the molecule is COc1ccc2cc(/C(C)=N\NC(=O)c3ccc(O)cc3)ccc2c1. The van der Waals surface area contributed by atoms with Crippen molar-refractivity contribution in [2.75, 3.05) is 7.11 Å². The number of phenols is 1. The molecule has 0 radical (unpaired) electrons. The third-order valence-electron chi connectivity index (χ3n) is 3.92. The second-order valence-corrected chi connectivity index (χ2v) is 5.61. The maximum Gasteiger partial charge on any atom is 0.271 e. The Morgan fingerprint density at radius 2 is 1.60 bits per heavy atom. The van der Waals surface area contributed by atoms with Gasteiger partial charge in [0, 0.05) is 5.56 Å². The molecule has 0 atom stereocenters. The number of hydrogen-bond donors (Lipinski definition) is 2. The normalized spacial score (nSPS) is 11.4. The first-order chi connectivity index (χ1) is 12.1. The lowest BCUT2D eigenvalue weighted by atomic mass is 10.0. The number of nitrogens with zero attached hydrogens (tertiary/aromatic N) is 1. The van der Waals surface area contributed by atoms with Crippen molar-refractivity contribution in [1.29, 1.82) is 0 Å². The first-order valence-electron chi connectivity index (χ1n) is 7.78. The number of hydrogen-bond acceptors (Lipinski definition) is 4. The van der Waals surface area contributed by atoms with Crippen LogP contribution in [0.1, 0.15) is 22.8 Å². The average Bonchev–Trinajstić information content (AvgIpc) is 2.65. The lowest BCUT2D eigenvalue weighted by Crippen LogP contribution is -2.19. The molecule has 2 N–H and O–H groups in total. The molecule has 1 amide bonds. The van der Waals surface area contributed by atoms with Crippen LogP contribution in [-0.4, -0.2) is 23.8 Å². The fraction of sp³-hybridized carbons (Fsp3) is 0.100. The molecule has 0 aliphatic carbocycles. The molecule has 0 saturated carbocycles. The van der Waals surface area contributed by atoms with Crippen LogP contribution in [0.15, 0.2) is 65.8 Å². The number of carbonyl (C=O) groups is 1. The summed E-state index contributed by atoms with van der Waals surface area (Å²) < 4.78 is 5.23. The van der Waals surface area contributed by atoms with E-state index in [0.717, 1.165) is 22.1 Å². The zero-order chi connectivity index (χ0) is 17.8. The van der Waals surface area contributed by atoms with Gasteiger partial charge in [0.1, 0.15) is 11.5 Å². The van der Waals surface area contributed by atoms with Crippen LogP contribution in [0.4, 0.5) is 0 Å². The number of nitrogens with one attached hydrogen (secondary N) is 1. The van der Waals surface area contributed by atoms with E-state index in [1.54, 1.807) is 19.2 Å². The van der Waals surface area contributed by atoms with E-state index in [-0.39, 0.29) is 11.7 Å². The van der Waals surface area contributed by atoms with Gasteiger partial charge in [-0.3, -0.25) is 4.79 Å². The predicted octanol–water partition coefficient (Wildman–Crippen LogP) is 3.71. The van der Waals surface area contributed by atoms with E-state index in [4.69, 9.17) is 4.74 Å². The Labute approximate surface area is 145 Å². The van der Waals surface area contributed by atoms with Crippen LogP contribution in [0, 0.1) is 0 Å². The van der Waals surface area contributed by atoms with Gasteiger partial charge in [0.05, 0.1) is 12.8 Å². The van der Waals surface area contributed by atoms with Gasteiger partial charge in [-0.2, -0.15) is 5.10 Å². The van der Waals surface area contributed by atoms with E-state index in [2.05, 4.69) is 10.5 Å². The highest BCUT2D eigenvalue weighted by Crippen LogP contribution is 2.22. The maximum atomic E-state index is 12.1. The second-order valence-electron chi connectivity index (χ2n) is 5.61. The van der Waals surface area contributed by atoms with Gasteiger partial charge in [-0.15, -0.1) is 0 Å². The van der Waals surface area contributed by atoms with E-state index < -0.39 is 0 Å². The van der Waals surface area contributed by atoms with Crippen molar-refractivity contribution in [3.05, 3.63) is 71.8 Å². The van der Waals surface area contributed by atoms with Crippen molar-refractivity contribution in [3.63, 3.8) is 0 Å². The molecule has 3 aromatic carbocycles. The van der Waals surface area contributed by atoms with Gasteiger partial charge in [0.2, 0.25) is 0 Å². The number of hydrazone groups is 1. The summed E-state index contributed by atoms with van der Waals surface area (Å²) in [5.41, 5.74) is 4.58. The molecule has 0 unspecified atom stereocenters. The van der Waals surface area contributed by atoms with Crippen LogP contribution in [0.25, 0.3) is 10.8 Å². The van der Waals surface area contributed by atoms with Crippen molar-refractivity contribution in [3.8, 4) is 11.5 Å². The van der Waals surface area contributed by atoms with Gasteiger partial charge < -0.3 is 9.84 Å². The van der Waals surface area contributed by atoms with Gasteiger partial charge in [0.15, 0.2) is 0 Å². The van der Waals surface area contributed by atoms with Crippen LogP contribution in [0.2, 0.25) is 0 Å². The van der Waals surface area contributed by atoms with E-state index in [1.807, 2.05) is 43.3 Å². The molecule has 3 aromatic rings. The Hall–Kier alpha value is -3.34. The minimum Gasteiger partial charge on any atom is -0.508 e. The Balaban J connectivity index is 1.78. The highest BCUT2D eigenvalue weighted by molar-refractivity contribution is 6.03. The Morgan fingerprint density at radius 3 is 2.32 bits per heavy atom. The highest BCUT2D eigenvalue weighted by atomic mass is 16.5. The predicted molar refractivity (Wildman–Crippen MR) is 98.3 cm³/mol. The van der Waals surface area contributed by atoms with Gasteiger partial charge in [-0.25, -0.2) is 5.43 Å². The number of methoxy groups -OCH3 is 1.